The maximum absolute atomic E-state index is 10.1. The molecule has 0 aliphatic rings. The van der Waals surface area contributed by atoms with Crippen molar-refractivity contribution >= 4 is 11.9 Å². The second-order valence-electron chi connectivity index (χ2n) is 6.07. The Morgan fingerprint density at radius 1 is 1.05 bits per heavy atom. The topological polar surface area (TPSA) is 32.6 Å². The molecule has 104 valence electrons. The fraction of sp³-hybridized carbons (Fsp3) is 0.278. The van der Waals surface area contributed by atoms with Crippen LogP contribution in [0.5, 0.6) is 5.75 Å². The monoisotopic (exact) mass is 267 g/mol. The summed E-state index contributed by atoms with van der Waals surface area (Å²) in [4.78, 5) is 4.56. The number of rotatable bonds is 2. The molecule has 2 rings (SSSR count). The molecule has 2 nitrogen and oxygen atoms in total. The lowest BCUT2D eigenvalue weighted by atomic mass is 9.85. The van der Waals surface area contributed by atoms with Gasteiger partial charge < -0.3 is 5.11 Å². The Balaban J connectivity index is 2.40. The number of hydrogen-bond acceptors (Lipinski definition) is 2. The Bertz CT molecular complexity index is 622. The second kappa shape index (κ2) is 5.49. The van der Waals surface area contributed by atoms with Gasteiger partial charge in [-0.15, -0.1) is 0 Å². The van der Waals surface area contributed by atoms with Gasteiger partial charge in [-0.05, 0) is 35.6 Å². The van der Waals surface area contributed by atoms with Crippen LogP contribution < -0.4 is 0 Å². The number of aryl methyl sites for hydroxylation is 1. The summed E-state index contributed by atoms with van der Waals surface area (Å²) in [5.41, 5.74) is 3.76. The largest absolute Gasteiger partial charge is 0.508 e. The summed E-state index contributed by atoms with van der Waals surface area (Å²) in [6, 6.07) is 13.8. The lowest BCUT2D eigenvalue weighted by Crippen LogP contribution is -2.11. The van der Waals surface area contributed by atoms with Crippen molar-refractivity contribution in [2.75, 3.05) is 0 Å². The molecule has 0 saturated heterocycles. The quantitative estimate of drug-likeness (QED) is 0.782. The lowest BCUT2D eigenvalue weighted by Gasteiger charge is -2.21. The minimum Gasteiger partial charge on any atom is -0.508 e. The van der Waals surface area contributed by atoms with Gasteiger partial charge >= 0.3 is 0 Å². The number of aliphatic imine (C=N–C) groups is 1. The van der Waals surface area contributed by atoms with E-state index >= 15 is 0 Å². The van der Waals surface area contributed by atoms with Crippen LogP contribution in [-0.2, 0) is 5.41 Å². The highest BCUT2D eigenvalue weighted by Gasteiger charge is 2.19. The summed E-state index contributed by atoms with van der Waals surface area (Å²) in [6.45, 7) is 8.22. The van der Waals surface area contributed by atoms with Crippen LogP contribution in [0.2, 0.25) is 0 Å². The summed E-state index contributed by atoms with van der Waals surface area (Å²) in [5, 5.41) is 10.1. The molecule has 2 aromatic rings. The third kappa shape index (κ3) is 3.27. The fourth-order valence-corrected chi connectivity index (χ4v) is 2.10. The molecular formula is C18H21NO. The van der Waals surface area contributed by atoms with Gasteiger partial charge in [0.1, 0.15) is 5.75 Å². The van der Waals surface area contributed by atoms with Crippen LogP contribution in [0, 0.1) is 6.92 Å². The lowest BCUT2D eigenvalue weighted by molar-refractivity contribution is 0.446. The third-order valence-corrected chi connectivity index (χ3v) is 3.27. The van der Waals surface area contributed by atoms with Gasteiger partial charge in [-0.25, -0.2) is 0 Å². The van der Waals surface area contributed by atoms with Crippen molar-refractivity contribution in [2.24, 2.45) is 4.99 Å². The zero-order valence-corrected chi connectivity index (χ0v) is 12.5. The average molecular weight is 267 g/mol. The first-order valence-corrected chi connectivity index (χ1v) is 6.81. The summed E-state index contributed by atoms with van der Waals surface area (Å²) >= 11 is 0. The minimum absolute atomic E-state index is 0.102. The van der Waals surface area contributed by atoms with Crippen LogP contribution in [-0.4, -0.2) is 11.3 Å². The standard InChI is InChI=1S/C18H21NO/c1-13-10-17(20)15(18(2,3)4)11-16(13)19-12-14-8-6-5-7-9-14/h5-12,20H,1-4H3. The fourth-order valence-electron chi connectivity index (χ4n) is 2.10. The van der Waals surface area contributed by atoms with Gasteiger partial charge in [0.05, 0.1) is 5.69 Å². The zero-order valence-electron chi connectivity index (χ0n) is 12.5. The van der Waals surface area contributed by atoms with E-state index in [1.54, 1.807) is 6.07 Å². The van der Waals surface area contributed by atoms with Crippen molar-refractivity contribution in [3.05, 3.63) is 59.2 Å². The van der Waals surface area contributed by atoms with Gasteiger partial charge in [0, 0.05) is 11.8 Å². The van der Waals surface area contributed by atoms with E-state index in [9.17, 15) is 5.11 Å². The molecule has 0 fully saturated rings. The van der Waals surface area contributed by atoms with Gasteiger partial charge in [-0.1, -0.05) is 51.1 Å². The third-order valence-electron chi connectivity index (χ3n) is 3.27. The second-order valence-corrected chi connectivity index (χ2v) is 6.07. The predicted molar refractivity (Wildman–Crippen MR) is 85.2 cm³/mol. The first-order chi connectivity index (χ1) is 9.38. The molecule has 0 spiro atoms. The molecule has 1 N–H and O–H groups in total. The van der Waals surface area contributed by atoms with Gasteiger partial charge in [-0.2, -0.15) is 0 Å². The van der Waals surface area contributed by atoms with Crippen LogP contribution in [0.25, 0.3) is 0 Å². The van der Waals surface area contributed by atoms with E-state index in [0.717, 1.165) is 22.4 Å². The molecule has 0 aliphatic carbocycles. The molecule has 0 aromatic heterocycles. The van der Waals surface area contributed by atoms with Crippen molar-refractivity contribution in [1.82, 2.24) is 0 Å². The van der Waals surface area contributed by atoms with E-state index in [2.05, 4.69) is 25.8 Å². The Hall–Kier alpha value is -2.09. The van der Waals surface area contributed by atoms with Gasteiger partial charge in [0.2, 0.25) is 0 Å². The minimum atomic E-state index is -0.102. The van der Waals surface area contributed by atoms with Crippen LogP contribution in [0.1, 0.15) is 37.5 Å². The molecular weight excluding hydrogens is 246 g/mol. The summed E-state index contributed by atoms with van der Waals surface area (Å²) in [6.07, 6.45) is 1.85. The van der Waals surface area contributed by atoms with Crippen LogP contribution >= 0.6 is 0 Å². The Labute approximate surface area is 120 Å². The van der Waals surface area contributed by atoms with Gasteiger partial charge in [0.25, 0.3) is 0 Å². The molecule has 0 unspecified atom stereocenters. The molecule has 20 heavy (non-hydrogen) atoms. The Morgan fingerprint density at radius 2 is 1.70 bits per heavy atom. The Kier molecular flexibility index (Phi) is 3.93. The van der Waals surface area contributed by atoms with Crippen molar-refractivity contribution in [2.45, 2.75) is 33.1 Å². The maximum Gasteiger partial charge on any atom is 0.119 e. The molecule has 2 aromatic carbocycles. The zero-order chi connectivity index (χ0) is 14.8. The predicted octanol–water partition coefficient (Wildman–Crippen LogP) is 4.75. The van der Waals surface area contributed by atoms with E-state index in [1.807, 2.05) is 49.5 Å². The van der Waals surface area contributed by atoms with Crippen molar-refractivity contribution < 1.29 is 5.11 Å². The number of phenolic OH excluding ortho intramolecular Hbond substituents is 1. The summed E-state index contributed by atoms with van der Waals surface area (Å²) < 4.78 is 0. The molecule has 0 radical (unpaired) electrons. The summed E-state index contributed by atoms with van der Waals surface area (Å²) in [7, 11) is 0. The van der Waals surface area contributed by atoms with Gasteiger partial charge in [0.15, 0.2) is 0 Å². The highest BCUT2D eigenvalue weighted by molar-refractivity contribution is 5.82. The van der Waals surface area contributed by atoms with Crippen LogP contribution in [0.15, 0.2) is 47.5 Å². The number of aromatic hydroxyl groups is 1. The van der Waals surface area contributed by atoms with Gasteiger partial charge in [-0.3, -0.25) is 4.99 Å². The smallest absolute Gasteiger partial charge is 0.119 e. The first-order valence-electron chi connectivity index (χ1n) is 6.81. The normalized spacial score (nSPS) is 12.0. The van der Waals surface area contributed by atoms with E-state index in [0.29, 0.717) is 5.75 Å². The molecule has 2 heteroatoms. The highest BCUT2D eigenvalue weighted by atomic mass is 16.3. The molecule has 0 heterocycles. The number of nitrogens with zero attached hydrogens (tertiary/aromatic N) is 1. The average Bonchev–Trinajstić information content (AvgIpc) is 2.37. The van der Waals surface area contributed by atoms with E-state index < -0.39 is 0 Å². The van der Waals surface area contributed by atoms with Crippen molar-refractivity contribution in [3.8, 4) is 5.75 Å². The molecule has 0 saturated carbocycles. The van der Waals surface area contributed by atoms with E-state index in [4.69, 9.17) is 0 Å². The Morgan fingerprint density at radius 3 is 2.30 bits per heavy atom. The van der Waals surface area contributed by atoms with E-state index in [1.165, 1.54) is 0 Å². The van der Waals surface area contributed by atoms with Crippen molar-refractivity contribution in [1.29, 1.82) is 0 Å². The van der Waals surface area contributed by atoms with E-state index in [-0.39, 0.29) is 5.41 Å². The molecule has 0 atom stereocenters. The molecule has 0 bridgehead atoms. The van der Waals surface area contributed by atoms with Crippen LogP contribution in [0.3, 0.4) is 0 Å². The molecule has 0 amide bonds. The number of phenols is 1. The SMILES string of the molecule is Cc1cc(O)c(C(C)(C)C)cc1N=Cc1ccccc1. The van der Waals surface area contributed by atoms with Crippen molar-refractivity contribution in [3.63, 3.8) is 0 Å². The first kappa shape index (κ1) is 14.3. The maximum atomic E-state index is 10.1. The molecule has 0 aliphatic heterocycles. The highest BCUT2D eigenvalue weighted by Crippen LogP contribution is 2.35. The van der Waals surface area contributed by atoms with Crippen LogP contribution in [0.4, 0.5) is 5.69 Å². The summed E-state index contributed by atoms with van der Waals surface area (Å²) in [5.74, 6) is 0.341. The number of hydrogen-bond donors (Lipinski definition) is 1. The number of benzene rings is 2.